The highest BCUT2D eigenvalue weighted by atomic mass is 32.1. The Morgan fingerprint density at radius 1 is 1.13 bits per heavy atom. The van der Waals surface area contributed by atoms with Gasteiger partial charge in [0.2, 0.25) is 0 Å². The Bertz CT molecular complexity index is 678. The first-order chi connectivity index (χ1) is 11.2. The summed E-state index contributed by atoms with van der Waals surface area (Å²) in [6.07, 6.45) is 1.75. The normalized spacial score (nSPS) is 15.5. The van der Waals surface area contributed by atoms with Gasteiger partial charge in [-0.2, -0.15) is 0 Å². The molecule has 0 saturated carbocycles. The van der Waals surface area contributed by atoms with Gasteiger partial charge in [-0.1, -0.05) is 12.2 Å². The maximum atomic E-state index is 5.03. The highest BCUT2D eigenvalue weighted by Gasteiger charge is 2.14. The zero-order valence-electron chi connectivity index (χ0n) is 13.5. The third-order valence-corrected chi connectivity index (χ3v) is 4.32. The molecular formula is C17H21N5S. The summed E-state index contributed by atoms with van der Waals surface area (Å²) in [6, 6.07) is 8.47. The molecule has 1 aromatic carbocycles. The third kappa shape index (κ3) is 3.83. The molecule has 1 aromatic heterocycles. The van der Waals surface area contributed by atoms with Crippen LogP contribution in [0.25, 0.3) is 0 Å². The molecule has 6 heteroatoms. The quantitative estimate of drug-likeness (QED) is 0.871. The summed E-state index contributed by atoms with van der Waals surface area (Å²) in [7, 11) is 2.17. The van der Waals surface area contributed by atoms with Crippen LogP contribution in [0.2, 0.25) is 0 Å². The van der Waals surface area contributed by atoms with Crippen molar-refractivity contribution in [3.05, 3.63) is 41.9 Å². The maximum Gasteiger partial charge on any atom is 0.142 e. The van der Waals surface area contributed by atoms with Gasteiger partial charge in [0.1, 0.15) is 11.6 Å². The summed E-state index contributed by atoms with van der Waals surface area (Å²) in [4.78, 5) is 13.4. The molecule has 1 N–H and O–H groups in total. The van der Waals surface area contributed by atoms with Crippen LogP contribution in [0.5, 0.6) is 0 Å². The van der Waals surface area contributed by atoms with Crippen LogP contribution in [0.4, 0.5) is 17.2 Å². The van der Waals surface area contributed by atoms with Gasteiger partial charge >= 0.3 is 0 Å². The lowest BCUT2D eigenvalue weighted by Crippen LogP contribution is -2.44. The maximum absolute atomic E-state index is 5.03. The second-order valence-electron chi connectivity index (χ2n) is 5.80. The second-order valence-corrected chi connectivity index (χ2v) is 6.04. The van der Waals surface area contributed by atoms with E-state index in [1.165, 1.54) is 5.69 Å². The Labute approximate surface area is 142 Å². The van der Waals surface area contributed by atoms with Crippen molar-refractivity contribution in [3.63, 3.8) is 0 Å². The van der Waals surface area contributed by atoms with Crippen LogP contribution in [0.1, 0.15) is 11.4 Å². The molecule has 0 aliphatic carbocycles. The van der Waals surface area contributed by atoms with E-state index in [0.717, 1.165) is 49.1 Å². The lowest BCUT2D eigenvalue weighted by molar-refractivity contribution is 0.313. The number of thiocarbonyl (C=S) groups is 1. The standard InChI is InChI=1S/C17H21N5S/c1-13-18-11-14(12-23)17(19-13)20-15-3-5-16(6-4-15)22-9-7-21(2)8-10-22/h3-6,11-12H,7-10H2,1-2H3,(H,18,19,20). The van der Waals surface area contributed by atoms with Crippen molar-refractivity contribution < 1.29 is 0 Å². The summed E-state index contributed by atoms with van der Waals surface area (Å²) < 4.78 is 0. The van der Waals surface area contributed by atoms with E-state index in [1.54, 1.807) is 11.6 Å². The highest BCUT2D eigenvalue weighted by Crippen LogP contribution is 2.22. The van der Waals surface area contributed by atoms with Crippen molar-refractivity contribution in [2.24, 2.45) is 0 Å². The molecule has 3 rings (SSSR count). The number of aryl methyl sites for hydroxylation is 1. The molecule has 2 aromatic rings. The van der Waals surface area contributed by atoms with Gasteiger partial charge in [0.25, 0.3) is 0 Å². The zero-order chi connectivity index (χ0) is 16.2. The molecule has 0 spiro atoms. The Morgan fingerprint density at radius 2 is 1.83 bits per heavy atom. The van der Waals surface area contributed by atoms with Gasteiger partial charge in [-0.3, -0.25) is 0 Å². The predicted octanol–water partition coefficient (Wildman–Crippen LogP) is 2.63. The van der Waals surface area contributed by atoms with Gasteiger partial charge in [-0.05, 0) is 38.2 Å². The monoisotopic (exact) mass is 327 g/mol. The topological polar surface area (TPSA) is 44.3 Å². The number of anilines is 3. The molecule has 0 bridgehead atoms. The van der Waals surface area contributed by atoms with E-state index in [1.807, 2.05) is 6.92 Å². The number of rotatable bonds is 4. The first-order valence-corrected chi connectivity index (χ1v) is 8.22. The fraction of sp³-hybridized carbons (Fsp3) is 0.353. The summed E-state index contributed by atoms with van der Waals surface area (Å²) in [5, 5.41) is 4.92. The van der Waals surface area contributed by atoms with Crippen molar-refractivity contribution in [2.45, 2.75) is 6.92 Å². The lowest BCUT2D eigenvalue weighted by atomic mass is 10.2. The van der Waals surface area contributed by atoms with E-state index in [2.05, 4.69) is 56.4 Å². The number of hydrogen-bond donors (Lipinski definition) is 1. The van der Waals surface area contributed by atoms with Gasteiger partial charge in [0.15, 0.2) is 0 Å². The van der Waals surface area contributed by atoms with Crippen LogP contribution >= 0.6 is 12.2 Å². The van der Waals surface area contributed by atoms with Crippen LogP contribution in [-0.2, 0) is 0 Å². The molecule has 0 unspecified atom stereocenters. The van der Waals surface area contributed by atoms with E-state index < -0.39 is 0 Å². The number of benzene rings is 1. The van der Waals surface area contributed by atoms with Crippen molar-refractivity contribution in [3.8, 4) is 0 Å². The molecule has 1 fully saturated rings. The molecule has 0 atom stereocenters. The van der Waals surface area contributed by atoms with E-state index >= 15 is 0 Å². The summed E-state index contributed by atoms with van der Waals surface area (Å²) >= 11 is 5.03. The second kappa shape index (κ2) is 7.02. The Hall–Kier alpha value is -2.05. The van der Waals surface area contributed by atoms with Crippen molar-refractivity contribution in [2.75, 3.05) is 43.4 Å². The first-order valence-electron chi connectivity index (χ1n) is 7.75. The summed E-state index contributed by atoms with van der Waals surface area (Å²) in [5.41, 5.74) is 3.09. The molecular weight excluding hydrogens is 306 g/mol. The fourth-order valence-corrected chi connectivity index (χ4v) is 2.80. The number of aromatic nitrogens is 2. The van der Waals surface area contributed by atoms with Crippen LogP contribution in [0.3, 0.4) is 0 Å². The minimum absolute atomic E-state index is 0.724. The van der Waals surface area contributed by atoms with Crippen LogP contribution in [0.15, 0.2) is 30.5 Å². The Morgan fingerprint density at radius 3 is 2.48 bits per heavy atom. The van der Waals surface area contributed by atoms with E-state index in [-0.39, 0.29) is 0 Å². The van der Waals surface area contributed by atoms with E-state index in [9.17, 15) is 0 Å². The number of piperazine rings is 1. The molecule has 23 heavy (non-hydrogen) atoms. The van der Waals surface area contributed by atoms with E-state index in [0.29, 0.717) is 0 Å². The Balaban J connectivity index is 1.73. The van der Waals surface area contributed by atoms with E-state index in [4.69, 9.17) is 12.2 Å². The average Bonchev–Trinajstić information content (AvgIpc) is 2.57. The molecule has 2 heterocycles. The largest absolute Gasteiger partial charge is 0.369 e. The summed E-state index contributed by atoms with van der Waals surface area (Å²) in [5.74, 6) is 1.47. The minimum atomic E-state index is 0.724. The first kappa shape index (κ1) is 15.8. The molecule has 0 radical (unpaired) electrons. The fourth-order valence-electron chi connectivity index (χ4n) is 2.62. The molecule has 0 amide bonds. The van der Waals surface area contributed by atoms with Gasteiger partial charge in [-0.25, -0.2) is 9.97 Å². The van der Waals surface area contributed by atoms with Gasteiger partial charge in [-0.15, -0.1) is 0 Å². The molecule has 5 nitrogen and oxygen atoms in total. The van der Waals surface area contributed by atoms with Crippen molar-refractivity contribution in [1.29, 1.82) is 0 Å². The number of nitrogens with one attached hydrogen (secondary N) is 1. The van der Waals surface area contributed by atoms with Crippen molar-refractivity contribution >= 4 is 34.8 Å². The number of likely N-dealkylation sites (N-methyl/N-ethyl adjacent to an activating group) is 1. The Kier molecular flexibility index (Phi) is 4.83. The molecule has 1 aliphatic rings. The van der Waals surface area contributed by atoms with Gasteiger partial charge in [0, 0.05) is 54.7 Å². The predicted molar refractivity (Wildman–Crippen MR) is 99.0 cm³/mol. The van der Waals surface area contributed by atoms with Gasteiger partial charge < -0.3 is 15.1 Å². The molecule has 1 aliphatic heterocycles. The molecule has 1 saturated heterocycles. The smallest absolute Gasteiger partial charge is 0.142 e. The SMILES string of the molecule is Cc1ncc(C=S)c(Nc2ccc(N3CCN(C)CC3)cc2)n1. The van der Waals surface area contributed by atoms with Crippen LogP contribution in [0, 0.1) is 6.92 Å². The average molecular weight is 327 g/mol. The van der Waals surface area contributed by atoms with Gasteiger partial charge in [0.05, 0.1) is 0 Å². The van der Waals surface area contributed by atoms with Crippen molar-refractivity contribution in [1.82, 2.24) is 14.9 Å². The number of nitrogens with zero attached hydrogens (tertiary/aromatic N) is 4. The molecule has 120 valence electrons. The van der Waals surface area contributed by atoms with Crippen LogP contribution < -0.4 is 10.2 Å². The van der Waals surface area contributed by atoms with Crippen LogP contribution in [-0.4, -0.2) is 53.5 Å². The highest BCUT2D eigenvalue weighted by molar-refractivity contribution is 7.79. The lowest BCUT2D eigenvalue weighted by Gasteiger charge is -2.34. The minimum Gasteiger partial charge on any atom is -0.369 e. The zero-order valence-corrected chi connectivity index (χ0v) is 14.3. The third-order valence-electron chi connectivity index (χ3n) is 4.06. The number of hydrogen-bond acceptors (Lipinski definition) is 6. The summed E-state index contributed by atoms with van der Waals surface area (Å²) in [6.45, 7) is 6.23.